The summed E-state index contributed by atoms with van der Waals surface area (Å²) in [4.78, 5) is 35.9. The fourth-order valence-electron chi connectivity index (χ4n) is 5.67. The number of fused-ring (bicyclic) bond motifs is 2. The molecule has 8 heteroatoms. The summed E-state index contributed by atoms with van der Waals surface area (Å²) in [6.07, 6.45) is 4.18. The van der Waals surface area contributed by atoms with Gasteiger partial charge in [-0.05, 0) is 89.1 Å². The molecule has 8 nitrogen and oxygen atoms in total. The first-order valence-corrected chi connectivity index (χ1v) is 17.2. The molecule has 0 amide bonds. The molecule has 6 rings (SSSR count). The van der Waals surface area contributed by atoms with Gasteiger partial charge in [-0.25, -0.2) is 9.59 Å². The van der Waals surface area contributed by atoms with E-state index in [1.54, 1.807) is 0 Å². The van der Waals surface area contributed by atoms with Crippen LogP contribution in [0.3, 0.4) is 0 Å². The van der Waals surface area contributed by atoms with Gasteiger partial charge in [0.05, 0.1) is 17.7 Å². The number of hydrogen-bond donors (Lipinski definition) is 2. The van der Waals surface area contributed by atoms with Crippen molar-refractivity contribution in [2.75, 3.05) is 41.3 Å². The van der Waals surface area contributed by atoms with Crippen molar-refractivity contribution >= 4 is 39.8 Å². The van der Waals surface area contributed by atoms with Crippen molar-refractivity contribution in [2.45, 2.75) is 27.1 Å². The summed E-state index contributed by atoms with van der Waals surface area (Å²) in [5.41, 5.74) is 8.56. The lowest BCUT2D eigenvalue weighted by atomic mass is 10.1. The molecule has 266 valence electrons. The molecule has 2 aromatic heterocycles. The summed E-state index contributed by atoms with van der Waals surface area (Å²) in [5.74, 6) is 5.64. The molecule has 0 radical (unpaired) electrons. The number of rotatable bonds is 10. The third-order valence-corrected chi connectivity index (χ3v) is 8.24. The predicted molar refractivity (Wildman–Crippen MR) is 210 cm³/mol. The molecule has 6 aromatic rings. The van der Waals surface area contributed by atoms with Crippen LogP contribution in [0.4, 0.5) is 0 Å². The number of esters is 2. The first kappa shape index (κ1) is 37.4. The quantitative estimate of drug-likeness (QED) is 0.111. The summed E-state index contributed by atoms with van der Waals surface area (Å²) in [6.45, 7) is 5.88. The van der Waals surface area contributed by atoms with Crippen molar-refractivity contribution in [1.29, 1.82) is 0 Å². The average molecular weight is 695 g/mol. The van der Waals surface area contributed by atoms with Crippen molar-refractivity contribution in [2.24, 2.45) is 0 Å². The highest BCUT2D eigenvalue weighted by atomic mass is 16.5. The van der Waals surface area contributed by atoms with Gasteiger partial charge in [0.2, 0.25) is 0 Å². The van der Waals surface area contributed by atoms with Crippen LogP contribution in [-0.4, -0.2) is 73.0 Å². The molecule has 4 aromatic carbocycles. The summed E-state index contributed by atoms with van der Waals surface area (Å²) in [7, 11) is 8.02. The molecule has 2 N–H and O–H groups in total. The number of nitrogens with zero attached hydrogens (tertiary/aromatic N) is 2. The Labute approximate surface area is 306 Å². The molecule has 0 bridgehead atoms. The van der Waals surface area contributed by atoms with E-state index in [0.29, 0.717) is 17.7 Å². The number of benzene rings is 4. The monoisotopic (exact) mass is 694 g/mol. The van der Waals surface area contributed by atoms with E-state index in [-0.39, 0.29) is 25.2 Å². The first-order valence-electron chi connectivity index (χ1n) is 17.2. The van der Waals surface area contributed by atoms with Crippen LogP contribution in [0.15, 0.2) is 103 Å². The Morgan fingerprint density at radius 3 is 1.71 bits per heavy atom. The number of hydrogen-bond acceptors (Lipinski definition) is 6. The Morgan fingerprint density at radius 1 is 0.673 bits per heavy atom. The van der Waals surface area contributed by atoms with E-state index in [2.05, 4.69) is 38.9 Å². The Bertz CT molecular complexity index is 2220. The number of ether oxygens (including phenoxy) is 2. The normalized spacial score (nSPS) is 11.1. The van der Waals surface area contributed by atoms with Crippen LogP contribution in [0, 0.1) is 25.7 Å². The number of carbonyl (C=O) groups excluding carboxylic acids is 2. The van der Waals surface area contributed by atoms with Crippen LogP contribution >= 0.6 is 0 Å². The van der Waals surface area contributed by atoms with Crippen LogP contribution in [0.25, 0.3) is 27.9 Å². The third-order valence-electron chi connectivity index (χ3n) is 8.24. The Hall–Kier alpha value is -5.88. The van der Waals surface area contributed by atoms with Crippen LogP contribution in [-0.2, 0) is 22.7 Å². The predicted octanol–water partition coefficient (Wildman–Crippen LogP) is 8.15. The highest BCUT2D eigenvalue weighted by molar-refractivity contribution is 6.06. The molecule has 0 aliphatic rings. The molecule has 0 spiro atoms. The van der Waals surface area contributed by atoms with Gasteiger partial charge in [-0.15, -0.1) is 0 Å². The second-order valence-corrected chi connectivity index (χ2v) is 13.1. The fraction of sp³-hybridized carbons (Fsp3) is 0.227. The lowest BCUT2D eigenvalue weighted by molar-refractivity contribution is 0.0465. The standard InChI is InChI=1S/C22H24N2O2.C22H22N2O2/c2*1-16-21(22(25)26-15-18-8-5-4-6-9-18)19-14-17(10-7-13-24(2)3)11-12-20(19)23-16/h4-12,14,23H,13,15H2,1-3H3;4-6,8-9,11-12,14,23H,13,15H2,1-3H3/b10-7-;. The van der Waals surface area contributed by atoms with Crippen molar-refractivity contribution in [1.82, 2.24) is 19.8 Å². The zero-order chi connectivity index (χ0) is 37.0. The van der Waals surface area contributed by atoms with Crippen molar-refractivity contribution in [3.8, 4) is 11.8 Å². The summed E-state index contributed by atoms with van der Waals surface area (Å²) >= 11 is 0. The molecule has 0 saturated carbocycles. The van der Waals surface area contributed by atoms with Crippen LogP contribution in [0.1, 0.15) is 54.4 Å². The van der Waals surface area contributed by atoms with Crippen LogP contribution in [0.2, 0.25) is 0 Å². The SMILES string of the molecule is Cc1[nH]c2ccc(/C=C\CN(C)C)cc2c1C(=O)OCc1ccccc1.Cc1[nH]c2ccc(C#CCN(C)C)cc2c1C(=O)OCc1ccccc1. The van der Waals surface area contributed by atoms with Gasteiger partial charge in [-0.3, -0.25) is 4.90 Å². The number of H-pyrrole nitrogens is 2. The van der Waals surface area contributed by atoms with E-state index in [1.807, 2.05) is 144 Å². The molecule has 0 saturated heterocycles. The molecule has 0 aliphatic heterocycles. The van der Waals surface area contributed by atoms with Gasteiger partial charge >= 0.3 is 11.9 Å². The van der Waals surface area contributed by atoms with E-state index < -0.39 is 0 Å². The number of carbonyl (C=O) groups is 2. The number of nitrogens with one attached hydrogen (secondary N) is 2. The largest absolute Gasteiger partial charge is 0.457 e. The minimum atomic E-state index is -0.323. The van der Waals surface area contributed by atoms with Crippen LogP contribution in [0.5, 0.6) is 0 Å². The minimum Gasteiger partial charge on any atom is -0.457 e. The van der Waals surface area contributed by atoms with E-state index in [9.17, 15) is 9.59 Å². The van der Waals surface area contributed by atoms with E-state index in [1.165, 1.54) is 0 Å². The Morgan fingerprint density at radius 2 is 1.19 bits per heavy atom. The van der Waals surface area contributed by atoms with Gasteiger partial charge < -0.3 is 24.3 Å². The van der Waals surface area contributed by atoms with Gasteiger partial charge in [0.1, 0.15) is 13.2 Å². The van der Waals surface area contributed by atoms with E-state index in [0.717, 1.165) is 62.0 Å². The van der Waals surface area contributed by atoms with Crippen LogP contribution < -0.4 is 0 Å². The molecule has 0 unspecified atom stereocenters. The van der Waals surface area contributed by atoms with Gasteiger partial charge in [-0.1, -0.05) is 90.7 Å². The molecule has 0 fully saturated rings. The Balaban J connectivity index is 0.000000201. The van der Waals surface area contributed by atoms with Gasteiger partial charge in [0, 0.05) is 45.3 Å². The second-order valence-electron chi connectivity index (χ2n) is 13.1. The number of aromatic nitrogens is 2. The second kappa shape index (κ2) is 17.9. The maximum Gasteiger partial charge on any atom is 0.340 e. The molecule has 52 heavy (non-hydrogen) atoms. The molecule has 0 aliphatic carbocycles. The first-order chi connectivity index (χ1) is 25.1. The maximum absolute atomic E-state index is 12.7. The van der Waals surface area contributed by atoms with Gasteiger partial charge in [0.15, 0.2) is 0 Å². The smallest absolute Gasteiger partial charge is 0.340 e. The third kappa shape index (κ3) is 10.1. The maximum atomic E-state index is 12.7. The Kier molecular flexibility index (Phi) is 12.8. The lowest BCUT2D eigenvalue weighted by Gasteiger charge is -2.06. The zero-order valence-corrected chi connectivity index (χ0v) is 30.7. The molecular weight excluding hydrogens is 649 g/mol. The number of aryl methyl sites for hydroxylation is 2. The highest BCUT2D eigenvalue weighted by Gasteiger charge is 2.19. The highest BCUT2D eigenvalue weighted by Crippen LogP contribution is 2.26. The lowest BCUT2D eigenvalue weighted by Crippen LogP contribution is -2.10. The topological polar surface area (TPSA) is 90.7 Å². The number of aromatic amines is 2. The molecular formula is C44H46N4O4. The summed E-state index contributed by atoms with van der Waals surface area (Å²) < 4.78 is 11.0. The van der Waals surface area contributed by atoms with E-state index in [4.69, 9.17) is 9.47 Å². The average Bonchev–Trinajstić information content (AvgIpc) is 3.64. The fourth-order valence-corrected chi connectivity index (χ4v) is 5.67. The minimum absolute atomic E-state index is 0.258. The van der Waals surface area contributed by atoms with Crippen molar-refractivity contribution < 1.29 is 19.1 Å². The molecule has 2 heterocycles. The summed E-state index contributed by atoms with van der Waals surface area (Å²) in [6, 6.07) is 31.3. The molecule has 0 atom stereocenters. The van der Waals surface area contributed by atoms with Crippen molar-refractivity contribution in [3.05, 3.63) is 148 Å². The van der Waals surface area contributed by atoms with E-state index >= 15 is 0 Å². The number of likely N-dealkylation sites (N-methyl/N-ethyl adjacent to an activating group) is 1. The zero-order valence-electron chi connectivity index (χ0n) is 30.7. The van der Waals surface area contributed by atoms with Gasteiger partial charge in [0.25, 0.3) is 0 Å². The van der Waals surface area contributed by atoms with Crippen molar-refractivity contribution in [3.63, 3.8) is 0 Å². The summed E-state index contributed by atoms with van der Waals surface area (Å²) in [5, 5.41) is 1.74. The van der Waals surface area contributed by atoms with Gasteiger partial charge in [-0.2, -0.15) is 0 Å².